The van der Waals surface area contributed by atoms with Crippen LogP contribution in [0.3, 0.4) is 0 Å². The second-order valence-electron chi connectivity index (χ2n) is 5.17. The van der Waals surface area contributed by atoms with Crippen LogP contribution in [-0.4, -0.2) is 41.7 Å². The van der Waals surface area contributed by atoms with Gasteiger partial charge in [-0.1, -0.05) is 18.2 Å². The van der Waals surface area contributed by atoms with Gasteiger partial charge in [0.05, 0.1) is 18.7 Å². The highest BCUT2D eigenvalue weighted by Crippen LogP contribution is 2.27. The van der Waals surface area contributed by atoms with Crippen LogP contribution < -0.4 is 5.32 Å². The quantitative estimate of drug-likeness (QED) is 0.873. The molecule has 2 atom stereocenters. The van der Waals surface area contributed by atoms with Crippen molar-refractivity contribution in [3.8, 4) is 0 Å². The number of nitrogens with zero attached hydrogens (tertiary/aromatic N) is 2. The maximum atomic E-state index is 12.2. The van der Waals surface area contributed by atoms with Crippen molar-refractivity contribution < 1.29 is 9.50 Å². The van der Waals surface area contributed by atoms with Crippen LogP contribution >= 0.6 is 0 Å². The first-order valence-corrected chi connectivity index (χ1v) is 7.03. The van der Waals surface area contributed by atoms with Crippen LogP contribution in [0, 0.1) is 0 Å². The summed E-state index contributed by atoms with van der Waals surface area (Å²) < 4.78 is 12.2. The number of nitrogens with one attached hydrogen (secondary N) is 1. The van der Waals surface area contributed by atoms with Crippen LogP contribution in [0.15, 0.2) is 53.7 Å². The molecule has 2 unspecified atom stereocenters. The molecule has 2 heterocycles. The maximum absolute atomic E-state index is 12.2. The molecule has 0 aliphatic carbocycles. The lowest BCUT2D eigenvalue weighted by Gasteiger charge is -2.16. The normalized spacial score (nSPS) is 21.1. The lowest BCUT2D eigenvalue weighted by atomic mass is 10.1. The summed E-state index contributed by atoms with van der Waals surface area (Å²) >= 11 is 0. The molecule has 5 heteroatoms. The highest BCUT2D eigenvalue weighted by molar-refractivity contribution is 5.96. The number of fused-ring (bicyclic) bond motifs is 1. The van der Waals surface area contributed by atoms with E-state index in [0.29, 0.717) is 0 Å². The zero-order valence-electron chi connectivity index (χ0n) is 11.6. The van der Waals surface area contributed by atoms with Gasteiger partial charge in [0.2, 0.25) is 0 Å². The number of hydrogen-bond donors (Lipinski definition) is 2. The van der Waals surface area contributed by atoms with E-state index in [0.717, 1.165) is 23.6 Å². The summed E-state index contributed by atoms with van der Waals surface area (Å²) in [5.41, 5.74) is 2.02. The number of allylic oxidation sites excluding steroid dienone is 2. The average Bonchev–Trinajstić information content (AvgIpc) is 2.97. The predicted octanol–water partition coefficient (Wildman–Crippen LogP) is 2.27. The van der Waals surface area contributed by atoms with E-state index >= 15 is 0 Å². The van der Waals surface area contributed by atoms with Crippen molar-refractivity contribution in [2.45, 2.75) is 12.1 Å². The first-order chi connectivity index (χ1) is 10.3. The highest BCUT2D eigenvalue weighted by atomic mass is 19.1. The summed E-state index contributed by atoms with van der Waals surface area (Å²) in [6.45, 7) is 0.329. The van der Waals surface area contributed by atoms with Gasteiger partial charge in [-0.05, 0) is 29.8 Å². The monoisotopic (exact) mass is 287 g/mol. The summed E-state index contributed by atoms with van der Waals surface area (Å²) in [4.78, 5) is 6.83. The molecule has 2 aliphatic heterocycles. The van der Waals surface area contributed by atoms with E-state index in [1.165, 1.54) is 0 Å². The topological polar surface area (TPSA) is 47.9 Å². The molecule has 2 N–H and O–H groups in total. The van der Waals surface area contributed by atoms with Gasteiger partial charge in [0.25, 0.3) is 0 Å². The van der Waals surface area contributed by atoms with Gasteiger partial charge in [-0.25, -0.2) is 4.39 Å². The van der Waals surface area contributed by atoms with Gasteiger partial charge in [-0.15, -0.1) is 0 Å². The number of benzene rings is 1. The molecule has 1 aromatic rings. The van der Waals surface area contributed by atoms with Crippen LogP contribution in [-0.2, 0) is 0 Å². The van der Waals surface area contributed by atoms with Gasteiger partial charge in [-0.3, -0.25) is 4.99 Å². The first-order valence-electron chi connectivity index (χ1n) is 7.03. The highest BCUT2D eigenvalue weighted by Gasteiger charge is 2.24. The number of aliphatic hydroxyl groups excluding tert-OH is 1. The van der Waals surface area contributed by atoms with Crippen LogP contribution in [0.2, 0.25) is 0 Å². The third-order valence-electron chi connectivity index (χ3n) is 3.59. The zero-order valence-corrected chi connectivity index (χ0v) is 11.6. The molecule has 0 saturated carbocycles. The van der Waals surface area contributed by atoms with Crippen molar-refractivity contribution in [3.63, 3.8) is 0 Å². The predicted molar refractivity (Wildman–Crippen MR) is 82.1 cm³/mol. The van der Waals surface area contributed by atoms with E-state index in [2.05, 4.69) is 10.2 Å². The third-order valence-corrected chi connectivity index (χ3v) is 3.59. The standard InChI is InChI=1S/C16H18FN3O/c17-9-14(21)10-18-13-6-4-12(5-7-13)15-11-20-8-2-1-3-16(20)19-15/h1-8,14-15,18,21H,9-11H2. The molecule has 2 aliphatic rings. The Morgan fingerprint density at radius 3 is 2.86 bits per heavy atom. The summed E-state index contributed by atoms with van der Waals surface area (Å²) in [7, 11) is 0. The Balaban J connectivity index is 1.64. The van der Waals surface area contributed by atoms with Crippen molar-refractivity contribution in [1.82, 2.24) is 4.90 Å². The minimum Gasteiger partial charge on any atom is -0.389 e. The number of halogens is 1. The van der Waals surface area contributed by atoms with Crippen molar-refractivity contribution in [3.05, 3.63) is 54.3 Å². The van der Waals surface area contributed by atoms with E-state index in [1.54, 1.807) is 0 Å². The van der Waals surface area contributed by atoms with Gasteiger partial charge < -0.3 is 15.3 Å². The Bertz CT molecular complexity index is 580. The number of aliphatic imine (C=N–C) groups is 1. The van der Waals surface area contributed by atoms with Gasteiger partial charge >= 0.3 is 0 Å². The Hall–Kier alpha value is -2.14. The Morgan fingerprint density at radius 1 is 1.33 bits per heavy atom. The second-order valence-corrected chi connectivity index (χ2v) is 5.17. The molecule has 3 rings (SSSR count). The largest absolute Gasteiger partial charge is 0.389 e. The van der Waals surface area contributed by atoms with Gasteiger partial charge in [-0.2, -0.15) is 0 Å². The number of anilines is 1. The molecule has 1 aromatic carbocycles. The summed E-state index contributed by atoms with van der Waals surface area (Å²) in [6.07, 6.45) is 7.08. The van der Waals surface area contributed by atoms with Gasteiger partial charge in [0, 0.05) is 18.4 Å². The molecule has 0 saturated heterocycles. The molecule has 110 valence electrons. The fourth-order valence-electron chi connectivity index (χ4n) is 2.42. The molecule has 0 aromatic heterocycles. The zero-order chi connectivity index (χ0) is 14.7. The fourth-order valence-corrected chi connectivity index (χ4v) is 2.42. The van der Waals surface area contributed by atoms with Crippen LogP contribution in [0.5, 0.6) is 0 Å². The Kier molecular flexibility index (Phi) is 4.01. The Morgan fingerprint density at radius 2 is 2.14 bits per heavy atom. The third kappa shape index (κ3) is 3.13. The number of aliphatic hydroxyl groups is 1. The van der Waals surface area contributed by atoms with E-state index in [4.69, 9.17) is 4.99 Å². The van der Waals surface area contributed by atoms with Crippen molar-refractivity contribution in [2.75, 3.05) is 25.1 Å². The molecule has 0 fully saturated rings. The fraction of sp³-hybridized carbons (Fsp3) is 0.312. The number of hydrogen-bond acceptors (Lipinski definition) is 4. The maximum Gasteiger partial charge on any atom is 0.128 e. The molecular formula is C16H18FN3O. The van der Waals surface area contributed by atoms with E-state index in [-0.39, 0.29) is 12.6 Å². The smallest absolute Gasteiger partial charge is 0.128 e. The summed E-state index contributed by atoms with van der Waals surface area (Å²) in [6, 6.07) is 8.04. The number of rotatable bonds is 5. The lowest BCUT2D eigenvalue weighted by Crippen LogP contribution is -2.22. The summed E-state index contributed by atoms with van der Waals surface area (Å²) in [5, 5.41) is 12.2. The molecule has 0 bridgehead atoms. The van der Waals surface area contributed by atoms with E-state index in [9.17, 15) is 9.50 Å². The minimum absolute atomic E-state index is 0.137. The summed E-state index contributed by atoms with van der Waals surface area (Å²) in [5.74, 6) is 0.996. The Labute approximate surface area is 123 Å². The molecule has 0 spiro atoms. The average molecular weight is 287 g/mol. The van der Waals surface area contributed by atoms with Crippen molar-refractivity contribution in [1.29, 1.82) is 0 Å². The van der Waals surface area contributed by atoms with Crippen molar-refractivity contribution in [2.24, 2.45) is 4.99 Å². The van der Waals surface area contributed by atoms with Crippen LogP contribution in [0.1, 0.15) is 11.6 Å². The van der Waals surface area contributed by atoms with Gasteiger partial charge in [0.15, 0.2) is 0 Å². The minimum atomic E-state index is -0.958. The molecule has 4 nitrogen and oxygen atoms in total. The second kappa shape index (κ2) is 6.10. The molecule has 21 heavy (non-hydrogen) atoms. The SMILES string of the molecule is OC(CF)CNc1ccc(C2CN3C=CC=CC3=N2)cc1. The van der Waals surface area contributed by atoms with E-state index < -0.39 is 12.8 Å². The van der Waals surface area contributed by atoms with E-state index in [1.807, 2.05) is 48.7 Å². The van der Waals surface area contributed by atoms with Crippen LogP contribution in [0.25, 0.3) is 0 Å². The lowest BCUT2D eigenvalue weighted by molar-refractivity contribution is 0.151. The van der Waals surface area contributed by atoms with Crippen molar-refractivity contribution >= 4 is 11.5 Å². The molecule has 0 radical (unpaired) electrons. The first kappa shape index (κ1) is 13.8. The molecular weight excluding hydrogens is 269 g/mol. The number of alkyl halides is 1. The number of amidine groups is 1. The van der Waals surface area contributed by atoms with Gasteiger partial charge in [0.1, 0.15) is 12.5 Å². The molecule has 0 amide bonds. The van der Waals surface area contributed by atoms with Crippen LogP contribution in [0.4, 0.5) is 10.1 Å².